The van der Waals surface area contributed by atoms with Crippen LogP contribution < -0.4 is 0 Å². The molecule has 41 heavy (non-hydrogen) atoms. The molecule has 220 valence electrons. The third kappa shape index (κ3) is 7.97. The maximum absolute atomic E-state index is 13.4. The number of carbonyl (C=O) groups excluding carboxylic acids is 3. The molecular weight excluding hydrogens is 585 g/mol. The number of carbonyl (C=O) groups is 3. The molecule has 2 aromatic carbocycles. The molecule has 10 heteroatoms. The summed E-state index contributed by atoms with van der Waals surface area (Å²) in [4.78, 5) is 44.5. The number of halogens is 3. The van der Waals surface area contributed by atoms with Gasteiger partial charge in [-0.3, -0.25) is 9.59 Å². The zero-order valence-corrected chi connectivity index (χ0v) is 26.1. The van der Waals surface area contributed by atoms with E-state index < -0.39 is 5.60 Å². The second-order valence-corrected chi connectivity index (χ2v) is 12.9. The lowest BCUT2D eigenvalue weighted by Gasteiger charge is -2.43. The van der Waals surface area contributed by atoms with E-state index in [1.807, 2.05) is 37.8 Å². The minimum atomic E-state index is -0.548. The van der Waals surface area contributed by atoms with Crippen LogP contribution in [0.5, 0.6) is 0 Å². The second-order valence-electron chi connectivity index (χ2n) is 11.6. The Labute approximate surface area is 257 Å². The normalized spacial score (nSPS) is 19.5. The van der Waals surface area contributed by atoms with Gasteiger partial charge in [-0.15, -0.1) is 0 Å². The number of nitrogens with zero attached hydrogens (tertiary/aromatic N) is 3. The molecule has 2 heterocycles. The molecule has 0 aromatic heterocycles. The highest BCUT2D eigenvalue weighted by Gasteiger charge is 2.37. The predicted molar refractivity (Wildman–Crippen MR) is 163 cm³/mol. The third-order valence-corrected chi connectivity index (χ3v) is 8.54. The Hall–Kier alpha value is -2.74. The molecule has 7 nitrogen and oxygen atoms in total. The van der Waals surface area contributed by atoms with Gasteiger partial charge in [-0.25, -0.2) is 4.79 Å². The smallest absolute Gasteiger partial charge is 0.410 e. The van der Waals surface area contributed by atoms with Crippen molar-refractivity contribution >= 4 is 52.7 Å². The Balaban J connectivity index is 1.48. The molecule has 2 aliphatic rings. The molecule has 0 saturated carbocycles. The first-order valence-corrected chi connectivity index (χ1v) is 14.9. The van der Waals surface area contributed by atoms with Crippen LogP contribution in [0.3, 0.4) is 0 Å². The van der Waals surface area contributed by atoms with Crippen molar-refractivity contribution in [2.24, 2.45) is 0 Å². The van der Waals surface area contributed by atoms with Crippen LogP contribution in [0.1, 0.15) is 61.9 Å². The lowest BCUT2D eigenvalue weighted by atomic mass is 9.84. The van der Waals surface area contributed by atoms with Gasteiger partial charge in [-0.2, -0.15) is 0 Å². The van der Waals surface area contributed by atoms with E-state index in [2.05, 4.69) is 0 Å². The second kappa shape index (κ2) is 13.1. The lowest BCUT2D eigenvalue weighted by Crippen LogP contribution is -2.51. The zero-order chi connectivity index (χ0) is 29.9. The van der Waals surface area contributed by atoms with Crippen molar-refractivity contribution in [3.63, 3.8) is 0 Å². The van der Waals surface area contributed by atoms with E-state index in [0.717, 1.165) is 11.1 Å². The van der Waals surface area contributed by atoms with Crippen LogP contribution in [-0.2, 0) is 9.53 Å². The maximum Gasteiger partial charge on any atom is 0.410 e. The third-order valence-electron chi connectivity index (χ3n) is 7.55. The van der Waals surface area contributed by atoms with E-state index in [1.165, 1.54) is 0 Å². The van der Waals surface area contributed by atoms with Crippen molar-refractivity contribution in [3.05, 3.63) is 80.3 Å². The first-order chi connectivity index (χ1) is 19.3. The summed E-state index contributed by atoms with van der Waals surface area (Å²) in [5.41, 5.74) is 1.92. The van der Waals surface area contributed by atoms with Gasteiger partial charge in [0.05, 0.1) is 10.0 Å². The number of likely N-dealkylation sites (tertiary alicyclic amines) is 2. The van der Waals surface area contributed by atoms with Gasteiger partial charge in [0, 0.05) is 61.8 Å². The number of hydrogen-bond donors (Lipinski definition) is 0. The van der Waals surface area contributed by atoms with E-state index >= 15 is 0 Å². The van der Waals surface area contributed by atoms with Gasteiger partial charge < -0.3 is 19.4 Å². The highest BCUT2D eigenvalue weighted by molar-refractivity contribution is 6.42. The lowest BCUT2D eigenvalue weighted by molar-refractivity contribution is -0.127. The van der Waals surface area contributed by atoms with Crippen molar-refractivity contribution < 1.29 is 19.1 Å². The molecule has 3 amide bonds. The SMILES string of the molecule is CN(C(=O)c1ccc(Cl)cc1)C1CCN(C(=O)C=C2CCN(C(=O)OC(C)(C)C)CC2)CC1c1ccc(Cl)c(Cl)c1. The van der Waals surface area contributed by atoms with E-state index in [1.54, 1.807) is 53.3 Å². The van der Waals surface area contributed by atoms with Gasteiger partial charge in [-0.1, -0.05) is 46.4 Å². The Morgan fingerprint density at radius 3 is 2.20 bits per heavy atom. The summed E-state index contributed by atoms with van der Waals surface area (Å²) in [5.74, 6) is -0.354. The van der Waals surface area contributed by atoms with Gasteiger partial charge in [0.2, 0.25) is 5.91 Å². The Bertz CT molecular complexity index is 1310. The van der Waals surface area contributed by atoms with E-state index in [4.69, 9.17) is 39.5 Å². The van der Waals surface area contributed by atoms with Crippen LogP contribution in [0.4, 0.5) is 4.79 Å². The summed E-state index contributed by atoms with van der Waals surface area (Å²) in [7, 11) is 1.80. The van der Waals surface area contributed by atoms with Crippen LogP contribution in [0.15, 0.2) is 54.1 Å². The van der Waals surface area contributed by atoms with Gasteiger partial charge in [0.15, 0.2) is 0 Å². The summed E-state index contributed by atoms with van der Waals surface area (Å²) in [6, 6.07) is 12.1. The van der Waals surface area contributed by atoms with Crippen LogP contribution in [-0.4, -0.2) is 77.5 Å². The van der Waals surface area contributed by atoms with Crippen LogP contribution in [0.25, 0.3) is 0 Å². The number of likely N-dealkylation sites (N-methyl/N-ethyl adjacent to an activating group) is 1. The van der Waals surface area contributed by atoms with Crippen molar-refractivity contribution in [1.29, 1.82) is 0 Å². The molecule has 0 N–H and O–H groups in total. The van der Waals surface area contributed by atoms with E-state index in [-0.39, 0.29) is 29.9 Å². The average Bonchev–Trinajstić information content (AvgIpc) is 2.93. The Kier molecular flexibility index (Phi) is 9.93. The average molecular weight is 621 g/mol. The molecule has 2 aromatic rings. The molecule has 2 saturated heterocycles. The number of hydrogen-bond acceptors (Lipinski definition) is 4. The maximum atomic E-state index is 13.4. The van der Waals surface area contributed by atoms with Crippen LogP contribution in [0, 0.1) is 0 Å². The highest BCUT2D eigenvalue weighted by Crippen LogP contribution is 2.35. The van der Waals surface area contributed by atoms with Crippen molar-refractivity contribution in [2.75, 3.05) is 33.2 Å². The summed E-state index contributed by atoms with van der Waals surface area (Å²) >= 11 is 18.6. The molecular formula is C31H36Cl3N3O4. The molecule has 2 unspecified atom stereocenters. The summed E-state index contributed by atoms with van der Waals surface area (Å²) < 4.78 is 5.48. The fourth-order valence-corrected chi connectivity index (χ4v) is 5.77. The van der Waals surface area contributed by atoms with Crippen LogP contribution in [0.2, 0.25) is 15.1 Å². The minimum absolute atomic E-state index is 0.0686. The fraction of sp³-hybridized carbons (Fsp3) is 0.452. The largest absolute Gasteiger partial charge is 0.444 e. The standard InChI is InChI=1S/C31H36Cl3N3O4/c1-31(2,3)41-30(40)36-14-11-20(12-15-36)17-28(38)37-16-13-27(24(19-37)22-7-10-25(33)26(34)18-22)35(4)29(39)21-5-8-23(32)9-6-21/h5-10,17-18,24,27H,11-16,19H2,1-4H3. The molecule has 0 bridgehead atoms. The predicted octanol–water partition coefficient (Wildman–Crippen LogP) is 7.06. The molecule has 0 spiro atoms. The fourth-order valence-electron chi connectivity index (χ4n) is 5.33. The molecule has 4 rings (SSSR count). The van der Waals surface area contributed by atoms with E-state index in [9.17, 15) is 14.4 Å². The molecule has 2 aliphatic heterocycles. The number of rotatable bonds is 4. The van der Waals surface area contributed by atoms with Gasteiger partial charge in [-0.05, 0) is 82.0 Å². The molecule has 2 atom stereocenters. The molecule has 2 fully saturated rings. The van der Waals surface area contributed by atoms with Crippen LogP contribution >= 0.6 is 34.8 Å². The van der Waals surface area contributed by atoms with Crippen molar-refractivity contribution in [1.82, 2.24) is 14.7 Å². The van der Waals surface area contributed by atoms with Gasteiger partial charge in [0.1, 0.15) is 5.60 Å². The number of benzene rings is 2. The first-order valence-electron chi connectivity index (χ1n) is 13.8. The highest BCUT2D eigenvalue weighted by atomic mass is 35.5. The number of piperidine rings is 2. The first kappa shape index (κ1) is 31.2. The van der Waals surface area contributed by atoms with Gasteiger partial charge in [0.25, 0.3) is 5.91 Å². The number of amides is 3. The molecule has 0 aliphatic carbocycles. The minimum Gasteiger partial charge on any atom is -0.444 e. The van der Waals surface area contributed by atoms with Gasteiger partial charge >= 0.3 is 6.09 Å². The molecule has 0 radical (unpaired) electrons. The quantitative estimate of drug-likeness (QED) is 0.343. The topological polar surface area (TPSA) is 70.2 Å². The summed E-state index contributed by atoms with van der Waals surface area (Å²) in [5, 5.41) is 1.44. The monoisotopic (exact) mass is 619 g/mol. The Morgan fingerprint density at radius 1 is 0.927 bits per heavy atom. The number of ether oxygens (including phenoxy) is 1. The Morgan fingerprint density at radius 2 is 1.59 bits per heavy atom. The summed E-state index contributed by atoms with van der Waals surface area (Å²) in [6.45, 7) is 7.50. The summed E-state index contributed by atoms with van der Waals surface area (Å²) in [6.07, 6.45) is 3.22. The zero-order valence-electron chi connectivity index (χ0n) is 23.8. The van der Waals surface area contributed by atoms with E-state index in [0.29, 0.717) is 66.1 Å². The van der Waals surface area contributed by atoms with Crippen molar-refractivity contribution in [2.45, 2.75) is 57.6 Å². The van der Waals surface area contributed by atoms with Crippen molar-refractivity contribution in [3.8, 4) is 0 Å².